The molecule has 0 radical (unpaired) electrons. The molecule has 0 aromatic heterocycles. The van der Waals surface area contributed by atoms with Crippen molar-refractivity contribution in [2.75, 3.05) is 37.7 Å². The van der Waals surface area contributed by atoms with Crippen LogP contribution in [0.15, 0.2) is 18.2 Å². The average Bonchev–Trinajstić information content (AvgIpc) is 2.86. The van der Waals surface area contributed by atoms with Crippen LogP contribution >= 0.6 is 0 Å². The Balaban J connectivity index is 1.74. The molecule has 5 nitrogen and oxygen atoms in total. The van der Waals surface area contributed by atoms with Crippen LogP contribution in [0.3, 0.4) is 0 Å². The summed E-state index contributed by atoms with van der Waals surface area (Å²) >= 11 is 0. The number of carbonyl (C=O) groups is 1. The number of anilines is 2. The number of hydrogen-bond donors (Lipinski definition) is 2. The van der Waals surface area contributed by atoms with Crippen molar-refractivity contribution < 1.29 is 9.53 Å². The van der Waals surface area contributed by atoms with Gasteiger partial charge in [0.2, 0.25) is 0 Å². The van der Waals surface area contributed by atoms with E-state index in [-0.39, 0.29) is 5.97 Å². The number of carbonyl (C=O) groups excluding carboxylic acids is 1. The van der Waals surface area contributed by atoms with Gasteiger partial charge in [0.15, 0.2) is 0 Å². The first kappa shape index (κ1) is 13.7. The fourth-order valence-electron chi connectivity index (χ4n) is 2.34. The quantitative estimate of drug-likeness (QED) is 0.478. The maximum Gasteiger partial charge on any atom is 0.338 e. The molecular weight excluding hydrogens is 242 g/mol. The minimum atomic E-state index is -0.361. The van der Waals surface area contributed by atoms with E-state index in [0.29, 0.717) is 23.5 Å². The van der Waals surface area contributed by atoms with Gasteiger partial charge in [0.1, 0.15) is 0 Å². The van der Waals surface area contributed by atoms with Crippen LogP contribution in [0.2, 0.25) is 0 Å². The Morgan fingerprint density at radius 3 is 2.42 bits per heavy atom. The summed E-state index contributed by atoms with van der Waals surface area (Å²) in [5.74, 6) is -0.361. The lowest BCUT2D eigenvalue weighted by Crippen LogP contribution is -2.22. The predicted molar refractivity (Wildman–Crippen MR) is 75.8 cm³/mol. The highest BCUT2D eigenvalue weighted by molar-refractivity contribution is 5.91. The molecule has 5 heteroatoms. The highest BCUT2D eigenvalue weighted by atomic mass is 16.5. The maximum absolute atomic E-state index is 11.8. The number of nitrogens with zero attached hydrogens (tertiary/aromatic N) is 1. The third-order valence-electron chi connectivity index (χ3n) is 3.26. The molecule has 1 aliphatic heterocycles. The molecule has 4 N–H and O–H groups in total. The monoisotopic (exact) mass is 263 g/mol. The molecule has 1 heterocycles. The molecule has 19 heavy (non-hydrogen) atoms. The number of rotatable bonds is 5. The Labute approximate surface area is 113 Å². The van der Waals surface area contributed by atoms with E-state index >= 15 is 0 Å². The van der Waals surface area contributed by atoms with Gasteiger partial charge in [-0.25, -0.2) is 4.79 Å². The second-order valence-corrected chi connectivity index (χ2v) is 4.93. The van der Waals surface area contributed by atoms with E-state index in [1.165, 1.54) is 25.9 Å². The van der Waals surface area contributed by atoms with Crippen LogP contribution in [0, 0.1) is 0 Å². The largest absolute Gasteiger partial charge is 0.462 e. The highest BCUT2D eigenvalue weighted by Crippen LogP contribution is 2.14. The Hall–Kier alpha value is -1.75. The summed E-state index contributed by atoms with van der Waals surface area (Å²) in [6.45, 7) is 3.76. The smallest absolute Gasteiger partial charge is 0.338 e. The molecule has 1 aromatic rings. The molecule has 104 valence electrons. The summed E-state index contributed by atoms with van der Waals surface area (Å²) in [6, 6.07) is 4.78. The van der Waals surface area contributed by atoms with Gasteiger partial charge in [-0.15, -0.1) is 0 Å². The fourth-order valence-corrected chi connectivity index (χ4v) is 2.34. The van der Waals surface area contributed by atoms with Gasteiger partial charge in [0.25, 0.3) is 0 Å². The summed E-state index contributed by atoms with van der Waals surface area (Å²) in [6.07, 6.45) is 3.42. The minimum absolute atomic E-state index is 0.361. The van der Waals surface area contributed by atoms with Crippen molar-refractivity contribution in [3.05, 3.63) is 23.8 Å². The molecule has 0 amide bonds. The second-order valence-electron chi connectivity index (χ2n) is 4.93. The molecule has 1 aliphatic rings. The first-order valence-electron chi connectivity index (χ1n) is 6.71. The predicted octanol–water partition coefficient (Wildman–Crippen LogP) is 1.49. The van der Waals surface area contributed by atoms with Crippen LogP contribution in [0.5, 0.6) is 0 Å². The summed E-state index contributed by atoms with van der Waals surface area (Å²) in [5, 5.41) is 0. The number of likely N-dealkylation sites (tertiary alicyclic amines) is 1. The molecular formula is C14H21N3O2. The number of nitrogen functional groups attached to an aromatic ring is 2. The van der Waals surface area contributed by atoms with Crippen molar-refractivity contribution in [1.29, 1.82) is 0 Å². The van der Waals surface area contributed by atoms with Gasteiger partial charge in [0.05, 0.1) is 12.2 Å². The topological polar surface area (TPSA) is 81.6 Å². The average molecular weight is 263 g/mol. The van der Waals surface area contributed by atoms with Gasteiger partial charge in [-0.05, 0) is 50.6 Å². The van der Waals surface area contributed by atoms with Crippen molar-refractivity contribution in [3.63, 3.8) is 0 Å². The van der Waals surface area contributed by atoms with Crippen LogP contribution in [0.4, 0.5) is 11.4 Å². The van der Waals surface area contributed by atoms with Crippen LogP contribution < -0.4 is 11.5 Å². The van der Waals surface area contributed by atoms with Crippen LogP contribution in [-0.4, -0.2) is 37.1 Å². The number of ether oxygens (including phenoxy) is 1. The second kappa shape index (κ2) is 6.43. The standard InChI is InChI=1S/C14H21N3O2/c15-12-8-11(9-13(16)10-12)14(18)19-7-3-6-17-4-1-2-5-17/h8-10H,1-7,15-16H2. The van der Waals surface area contributed by atoms with Gasteiger partial charge in [0, 0.05) is 17.9 Å². The van der Waals surface area contributed by atoms with Gasteiger partial charge >= 0.3 is 5.97 Å². The molecule has 2 rings (SSSR count). The zero-order chi connectivity index (χ0) is 13.7. The van der Waals surface area contributed by atoms with E-state index in [9.17, 15) is 4.79 Å². The van der Waals surface area contributed by atoms with Gasteiger partial charge < -0.3 is 21.1 Å². The molecule has 0 atom stereocenters. The van der Waals surface area contributed by atoms with Crippen molar-refractivity contribution in [2.45, 2.75) is 19.3 Å². The normalized spacial score (nSPS) is 15.6. The Morgan fingerprint density at radius 2 is 1.79 bits per heavy atom. The lowest BCUT2D eigenvalue weighted by Gasteiger charge is -2.14. The molecule has 1 fully saturated rings. The van der Waals surface area contributed by atoms with Crippen molar-refractivity contribution >= 4 is 17.3 Å². The van der Waals surface area contributed by atoms with Crippen LogP contribution in [0.25, 0.3) is 0 Å². The lowest BCUT2D eigenvalue weighted by atomic mass is 10.2. The van der Waals surface area contributed by atoms with E-state index in [1.54, 1.807) is 18.2 Å². The van der Waals surface area contributed by atoms with Crippen molar-refractivity contribution in [1.82, 2.24) is 4.90 Å². The molecule has 1 aromatic carbocycles. The third-order valence-corrected chi connectivity index (χ3v) is 3.26. The van der Waals surface area contributed by atoms with E-state index < -0.39 is 0 Å². The van der Waals surface area contributed by atoms with Crippen molar-refractivity contribution in [3.8, 4) is 0 Å². The molecule has 1 saturated heterocycles. The van der Waals surface area contributed by atoms with E-state index in [2.05, 4.69) is 4.90 Å². The number of esters is 1. The van der Waals surface area contributed by atoms with E-state index in [0.717, 1.165) is 13.0 Å². The molecule has 0 unspecified atom stereocenters. The summed E-state index contributed by atoms with van der Waals surface area (Å²) in [5.41, 5.74) is 12.6. The zero-order valence-electron chi connectivity index (χ0n) is 11.1. The third kappa shape index (κ3) is 4.13. The van der Waals surface area contributed by atoms with E-state index in [4.69, 9.17) is 16.2 Å². The number of nitrogens with two attached hydrogens (primary N) is 2. The SMILES string of the molecule is Nc1cc(N)cc(C(=O)OCCCN2CCCC2)c1. The lowest BCUT2D eigenvalue weighted by molar-refractivity contribution is 0.0491. The van der Waals surface area contributed by atoms with E-state index in [1.807, 2.05) is 0 Å². The molecule has 0 bridgehead atoms. The van der Waals surface area contributed by atoms with Crippen molar-refractivity contribution in [2.24, 2.45) is 0 Å². The number of hydrogen-bond acceptors (Lipinski definition) is 5. The maximum atomic E-state index is 11.8. The Bertz CT molecular complexity index is 422. The summed E-state index contributed by atoms with van der Waals surface area (Å²) in [7, 11) is 0. The van der Waals surface area contributed by atoms with Crippen LogP contribution in [-0.2, 0) is 4.74 Å². The number of benzene rings is 1. The fraction of sp³-hybridized carbons (Fsp3) is 0.500. The molecule has 0 aliphatic carbocycles. The Morgan fingerprint density at radius 1 is 1.16 bits per heavy atom. The summed E-state index contributed by atoms with van der Waals surface area (Å²) in [4.78, 5) is 14.2. The first-order valence-corrected chi connectivity index (χ1v) is 6.71. The minimum Gasteiger partial charge on any atom is -0.462 e. The molecule has 0 saturated carbocycles. The first-order chi connectivity index (χ1) is 9.15. The molecule has 0 spiro atoms. The van der Waals surface area contributed by atoms with Gasteiger partial charge in [-0.3, -0.25) is 0 Å². The van der Waals surface area contributed by atoms with Gasteiger partial charge in [-0.2, -0.15) is 0 Å². The van der Waals surface area contributed by atoms with Gasteiger partial charge in [-0.1, -0.05) is 0 Å². The zero-order valence-corrected chi connectivity index (χ0v) is 11.1. The van der Waals surface area contributed by atoms with Crippen LogP contribution in [0.1, 0.15) is 29.6 Å². The Kier molecular flexibility index (Phi) is 4.63. The highest BCUT2D eigenvalue weighted by Gasteiger charge is 2.12. The summed E-state index contributed by atoms with van der Waals surface area (Å²) < 4.78 is 5.22.